The summed E-state index contributed by atoms with van der Waals surface area (Å²) in [6.45, 7) is 2.70. The van der Waals surface area contributed by atoms with E-state index in [-0.39, 0.29) is 0 Å². The fourth-order valence-corrected chi connectivity index (χ4v) is 4.74. The van der Waals surface area contributed by atoms with Gasteiger partial charge in [-0.25, -0.2) is 0 Å². The Morgan fingerprint density at radius 2 is 2.11 bits per heavy atom. The van der Waals surface area contributed by atoms with E-state index in [0.29, 0.717) is 10.9 Å². The van der Waals surface area contributed by atoms with Crippen LogP contribution in [0.25, 0.3) is 10.1 Å². The van der Waals surface area contributed by atoms with Gasteiger partial charge in [-0.1, -0.05) is 18.2 Å². The molecule has 1 aliphatic rings. The summed E-state index contributed by atoms with van der Waals surface area (Å²) in [4.78, 5) is 19.1. The number of rotatable bonds is 6. The molecule has 3 heterocycles. The molecular formula is C21H24N4O2S. The summed E-state index contributed by atoms with van der Waals surface area (Å²) in [7, 11) is 1.70. The second-order valence-corrected chi connectivity index (χ2v) is 8.05. The van der Waals surface area contributed by atoms with Crippen LogP contribution < -0.4 is 20.7 Å². The van der Waals surface area contributed by atoms with E-state index < -0.39 is 5.91 Å². The molecule has 1 aliphatic heterocycles. The molecule has 0 radical (unpaired) electrons. The first-order valence-corrected chi connectivity index (χ1v) is 10.3. The van der Waals surface area contributed by atoms with Crippen LogP contribution in [-0.2, 0) is 6.54 Å². The molecule has 146 valence electrons. The number of carbonyl (C=O) groups excluding carboxylic acids is 1. The number of para-hydroxylation sites is 1. The minimum atomic E-state index is -0.398. The third-order valence-corrected chi connectivity index (χ3v) is 6.34. The summed E-state index contributed by atoms with van der Waals surface area (Å²) < 4.78 is 6.56. The lowest BCUT2D eigenvalue weighted by atomic mass is 10.0. The highest BCUT2D eigenvalue weighted by atomic mass is 32.1. The number of pyridine rings is 1. The van der Waals surface area contributed by atoms with Crippen molar-refractivity contribution in [3.63, 3.8) is 0 Å². The van der Waals surface area contributed by atoms with Crippen LogP contribution in [0.3, 0.4) is 0 Å². The molecule has 6 nitrogen and oxygen atoms in total. The number of amides is 1. The van der Waals surface area contributed by atoms with Gasteiger partial charge in [0, 0.05) is 29.7 Å². The Hall–Kier alpha value is -2.64. The molecule has 1 fully saturated rings. The van der Waals surface area contributed by atoms with Crippen molar-refractivity contribution in [1.82, 2.24) is 10.3 Å². The molecule has 7 heteroatoms. The van der Waals surface area contributed by atoms with Crippen molar-refractivity contribution in [3.05, 3.63) is 53.2 Å². The summed E-state index contributed by atoms with van der Waals surface area (Å²) in [5, 5.41) is 4.47. The van der Waals surface area contributed by atoms with E-state index in [0.717, 1.165) is 59.6 Å². The quantitative estimate of drug-likeness (QED) is 0.669. The van der Waals surface area contributed by atoms with Gasteiger partial charge < -0.3 is 20.7 Å². The molecule has 3 aromatic rings. The number of thiophene rings is 1. The molecule has 28 heavy (non-hydrogen) atoms. The Morgan fingerprint density at radius 1 is 1.32 bits per heavy atom. The van der Waals surface area contributed by atoms with E-state index in [1.165, 1.54) is 11.3 Å². The van der Waals surface area contributed by atoms with Gasteiger partial charge in [0.15, 0.2) is 0 Å². The molecule has 0 spiro atoms. The van der Waals surface area contributed by atoms with E-state index in [1.54, 1.807) is 13.3 Å². The molecule has 1 amide bonds. The average molecular weight is 397 g/mol. The zero-order valence-electron chi connectivity index (χ0n) is 15.9. The minimum absolute atomic E-state index is 0.385. The van der Waals surface area contributed by atoms with Gasteiger partial charge in [-0.2, -0.15) is 0 Å². The minimum Gasteiger partial charge on any atom is -0.496 e. The molecule has 0 saturated carbocycles. The maximum Gasteiger partial charge on any atom is 0.258 e. The molecule has 3 N–H and O–H groups in total. The zero-order valence-corrected chi connectivity index (χ0v) is 16.7. The number of piperidine rings is 1. The highest BCUT2D eigenvalue weighted by Crippen LogP contribution is 2.36. The maximum atomic E-state index is 11.7. The normalized spacial score (nSPS) is 14.9. The van der Waals surface area contributed by atoms with Gasteiger partial charge in [-0.3, -0.25) is 9.78 Å². The first-order chi connectivity index (χ1) is 13.7. The Balaban J connectivity index is 1.79. The highest BCUT2D eigenvalue weighted by molar-refractivity contribution is 7.20. The van der Waals surface area contributed by atoms with Gasteiger partial charge >= 0.3 is 0 Å². The van der Waals surface area contributed by atoms with Gasteiger partial charge in [-0.15, -0.1) is 11.3 Å². The Kier molecular flexibility index (Phi) is 5.45. The third kappa shape index (κ3) is 3.68. The number of aromatic nitrogens is 1. The summed E-state index contributed by atoms with van der Waals surface area (Å²) >= 11 is 1.40. The SMILES string of the molecule is COc1ccccc1CN(c1cncc2sc(C(N)=O)cc12)C1CCNCC1. The number of nitrogens with one attached hydrogen (secondary N) is 1. The van der Waals surface area contributed by atoms with Crippen molar-refractivity contribution in [2.45, 2.75) is 25.4 Å². The number of fused-ring (bicyclic) bond motifs is 1. The predicted molar refractivity (Wildman–Crippen MR) is 113 cm³/mol. The maximum absolute atomic E-state index is 11.7. The lowest BCUT2D eigenvalue weighted by molar-refractivity contribution is 0.100. The molecule has 0 aliphatic carbocycles. The smallest absolute Gasteiger partial charge is 0.258 e. The molecule has 0 atom stereocenters. The Bertz CT molecular complexity index is 981. The first-order valence-electron chi connectivity index (χ1n) is 9.44. The van der Waals surface area contributed by atoms with Crippen LogP contribution in [-0.4, -0.2) is 37.1 Å². The standard InChI is InChI=1S/C21H24N4O2S/c1-27-18-5-3-2-4-14(18)13-25(15-6-8-23-9-7-15)17-11-24-12-20-16(17)10-19(28-20)21(22)26/h2-5,10-12,15,23H,6-9,13H2,1H3,(H2,22,26). The zero-order chi connectivity index (χ0) is 19.5. The highest BCUT2D eigenvalue weighted by Gasteiger charge is 2.25. The van der Waals surface area contributed by atoms with Crippen molar-refractivity contribution in [2.75, 3.05) is 25.1 Å². The second kappa shape index (κ2) is 8.16. The number of methoxy groups -OCH3 is 1. The van der Waals surface area contributed by atoms with E-state index in [9.17, 15) is 4.79 Å². The number of ether oxygens (including phenoxy) is 1. The molecular weight excluding hydrogens is 372 g/mol. The van der Waals surface area contributed by atoms with Gasteiger partial charge in [0.1, 0.15) is 5.75 Å². The Labute approximate surface area is 168 Å². The largest absolute Gasteiger partial charge is 0.496 e. The molecule has 4 rings (SSSR count). The van der Waals surface area contributed by atoms with Gasteiger partial charge in [0.2, 0.25) is 0 Å². The summed E-state index contributed by atoms with van der Waals surface area (Å²) in [5.41, 5.74) is 7.69. The van der Waals surface area contributed by atoms with E-state index in [1.807, 2.05) is 30.5 Å². The number of nitrogens with zero attached hydrogens (tertiary/aromatic N) is 2. The molecule has 0 unspecified atom stereocenters. The van der Waals surface area contributed by atoms with E-state index in [2.05, 4.69) is 21.3 Å². The van der Waals surface area contributed by atoms with Crippen molar-refractivity contribution in [2.24, 2.45) is 5.73 Å². The third-order valence-electron chi connectivity index (χ3n) is 5.26. The van der Waals surface area contributed by atoms with E-state index in [4.69, 9.17) is 10.5 Å². The number of anilines is 1. The van der Waals surface area contributed by atoms with Crippen LogP contribution in [0.15, 0.2) is 42.7 Å². The van der Waals surface area contributed by atoms with Crippen molar-refractivity contribution < 1.29 is 9.53 Å². The average Bonchev–Trinajstić information content (AvgIpc) is 3.18. The second-order valence-electron chi connectivity index (χ2n) is 6.97. The number of nitrogens with two attached hydrogens (primary N) is 1. The number of primary amides is 1. The van der Waals surface area contributed by atoms with Crippen LogP contribution in [0.4, 0.5) is 5.69 Å². The van der Waals surface area contributed by atoms with Crippen LogP contribution >= 0.6 is 11.3 Å². The van der Waals surface area contributed by atoms with Gasteiger partial charge in [-0.05, 0) is 38.1 Å². The van der Waals surface area contributed by atoms with Crippen LogP contribution in [0.2, 0.25) is 0 Å². The lowest BCUT2D eigenvalue weighted by Gasteiger charge is -2.37. The van der Waals surface area contributed by atoms with Crippen LogP contribution in [0, 0.1) is 0 Å². The summed E-state index contributed by atoms with van der Waals surface area (Å²) in [6.07, 6.45) is 5.81. The predicted octanol–water partition coefficient (Wildman–Crippen LogP) is 3.16. The van der Waals surface area contributed by atoms with E-state index >= 15 is 0 Å². The van der Waals surface area contributed by atoms with Crippen molar-refractivity contribution in [1.29, 1.82) is 0 Å². The van der Waals surface area contributed by atoms with Crippen LogP contribution in [0.5, 0.6) is 5.75 Å². The first kappa shape index (κ1) is 18.7. The molecule has 1 aromatic carbocycles. The Morgan fingerprint density at radius 3 is 2.86 bits per heavy atom. The van der Waals surface area contributed by atoms with Gasteiger partial charge in [0.25, 0.3) is 5.91 Å². The lowest BCUT2D eigenvalue weighted by Crippen LogP contribution is -2.43. The topological polar surface area (TPSA) is 80.5 Å². The van der Waals surface area contributed by atoms with Crippen molar-refractivity contribution in [3.8, 4) is 5.75 Å². The number of benzene rings is 1. The van der Waals surface area contributed by atoms with Gasteiger partial charge in [0.05, 0.1) is 28.6 Å². The number of carbonyl (C=O) groups is 1. The fourth-order valence-electron chi connectivity index (χ4n) is 3.84. The summed E-state index contributed by atoms with van der Waals surface area (Å²) in [6, 6.07) is 10.4. The van der Waals surface area contributed by atoms with Crippen molar-refractivity contribution >= 4 is 33.0 Å². The monoisotopic (exact) mass is 396 g/mol. The number of hydrogen-bond acceptors (Lipinski definition) is 6. The van der Waals surface area contributed by atoms with Crippen LogP contribution in [0.1, 0.15) is 28.1 Å². The molecule has 1 saturated heterocycles. The molecule has 2 aromatic heterocycles. The summed E-state index contributed by atoms with van der Waals surface area (Å²) in [5.74, 6) is 0.481. The fraction of sp³-hybridized carbons (Fsp3) is 0.333. The molecule has 0 bridgehead atoms. The number of hydrogen-bond donors (Lipinski definition) is 2.